The highest BCUT2D eigenvalue weighted by molar-refractivity contribution is 9.10. The number of hydrogen-bond donors (Lipinski definition) is 1. The van der Waals surface area contributed by atoms with E-state index in [2.05, 4.69) is 20.9 Å². The van der Waals surface area contributed by atoms with Gasteiger partial charge in [0.1, 0.15) is 5.15 Å². The summed E-state index contributed by atoms with van der Waals surface area (Å²) in [6.45, 7) is 0.503. The molecule has 64 valence electrons. The van der Waals surface area contributed by atoms with E-state index in [1.54, 1.807) is 6.20 Å². The minimum Gasteiger partial charge on any atom is -0.327 e. The van der Waals surface area contributed by atoms with Gasteiger partial charge in [0, 0.05) is 22.8 Å². The van der Waals surface area contributed by atoms with Gasteiger partial charge in [-0.2, -0.15) is 0 Å². The van der Waals surface area contributed by atoms with E-state index in [9.17, 15) is 0 Å². The van der Waals surface area contributed by atoms with Crippen molar-refractivity contribution in [1.29, 1.82) is 0 Å². The molecule has 1 aromatic rings. The quantitative estimate of drug-likeness (QED) is 0.816. The number of hydrogen-bond acceptors (Lipinski definition) is 2. The van der Waals surface area contributed by atoms with Crippen LogP contribution in [-0.4, -0.2) is 11.5 Å². The average Bonchev–Trinajstić information content (AvgIpc) is 2.07. The topological polar surface area (TPSA) is 38.9 Å². The van der Waals surface area contributed by atoms with Crippen LogP contribution >= 0.6 is 27.5 Å². The molecule has 1 rings (SSSR count). The fourth-order valence-corrected chi connectivity index (χ4v) is 1.27. The molecule has 0 aliphatic carbocycles. The standard InChI is InChI=1S/C8H8BrClN2/c9-7-4-6(2-1-3-11)8(10)12-5-7/h1-2,4-5H,3,11H2. The zero-order chi connectivity index (χ0) is 8.97. The van der Waals surface area contributed by atoms with Crippen molar-refractivity contribution in [2.24, 2.45) is 5.73 Å². The van der Waals surface area contributed by atoms with Crippen molar-refractivity contribution >= 4 is 33.6 Å². The van der Waals surface area contributed by atoms with Gasteiger partial charge in [0.2, 0.25) is 0 Å². The van der Waals surface area contributed by atoms with E-state index in [-0.39, 0.29) is 0 Å². The molecule has 0 fully saturated rings. The Morgan fingerprint density at radius 1 is 1.67 bits per heavy atom. The minimum absolute atomic E-state index is 0.489. The second-order valence-electron chi connectivity index (χ2n) is 2.17. The number of halogens is 2. The van der Waals surface area contributed by atoms with Crippen LogP contribution in [0, 0.1) is 0 Å². The number of nitrogens with two attached hydrogens (primary N) is 1. The third-order valence-corrected chi connectivity index (χ3v) is 2.02. The van der Waals surface area contributed by atoms with Gasteiger partial charge in [-0.3, -0.25) is 0 Å². The molecule has 1 aromatic heterocycles. The van der Waals surface area contributed by atoms with Crippen molar-refractivity contribution in [1.82, 2.24) is 4.98 Å². The fourth-order valence-electron chi connectivity index (χ4n) is 0.750. The lowest BCUT2D eigenvalue weighted by Crippen LogP contribution is -1.92. The first-order valence-corrected chi connectivity index (χ1v) is 4.59. The van der Waals surface area contributed by atoms with Gasteiger partial charge in [-0.25, -0.2) is 4.98 Å². The summed E-state index contributed by atoms with van der Waals surface area (Å²) in [5.74, 6) is 0. The molecule has 0 aliphatic rings. The third kappa shape index (κ3) is 2.59. The second-order valence-corrected chi connectivity index (χ2v) is 3.45. The van der Waals surface area contributed by atoms with Crippen LogP contribution in [0.15, 0.2) is 22.8 Å². The Morgan fingerprint density at radius 2 is 2.42 bits per heavy atom. The molecular formula is C8H8BrClN2. The van der Waals surface area contributed by atoms with Crippen LogP contribution in [-0.2, 0) is 0 Å². The molecule has 0 bridgehead atoms. The maximum Gasteiger partial charge on any atom is 0.136 e. The van der Waals surface area contributed by atoms with Gasteiger partial charge in [-0.1, -0.05) is 23.8 Å². The molecule has 2 N–H and O–H groups in total. The number of nitrogens with zero attached hydrogens (tertiary/aromatic N) is 1. The molecule has 12 heavy (non-hydrogen) atoms. The molecule has 0 atom stereocenters. The average molecular weight is 248 g/mol. The highest BCUT2D eigenvalue weighted by atomic mass is 79.9. The predicted molar refractivity (Wildman–Crippen MR) is 55.0 cm³/mol. The van der Waals surface area contributed by atoms with Gasteiger partial charge < -0.3 is 5.73 Å². The Hall–Kier alpha value is -0.380. The zero-order valence-electron chi connectivity index (χ0n) is 6.30. The van der Waals surface area contributed by atoms with Gasteiger partial charge in [-0.05, 0) is 22.0 Å². The summed E-state index contributed by atoms with van der Waals surface area (Å²) in [4.78, 5) is 3.96. The summed E-state index contributed by atoms with van der Waals surface area (Å²) in [5, 5.41) is 0.489. The van der Waals surface area contributed by atoms with Gasteiger partial charge in [0.25, 0.3) is 0 Å². The summed E-state index contributed by atoms with van der Waals surface area (Å²) < 4.78 is 0.906. The molecule has 1 heterocycles. The van der Waals surface area contributed by atoms with E-state index in [1.807, 2.05) is 18.2 Å². The van der Waals surface area contributed by atoms with E-state index in [4.69, 9.17) is 17.3 Å². The summed E-state index contributed by atoms with van der Waals surface area (Å²) in [6.07, 6.45) is 5.33. The predicted octanol–water partition coefficient (Wildman–Crippen LogP) is 2.47. The smallest absolute Gasteiger partial charge is 0.136 e. The normalized spacial score (nSPS) is 10.9. The molecule has 0 amide bonds. The van der Waals surface area contributed by atoms with Gasteiger partial charge in [0.05, 0.1) is 0 Å². The van der Waals surface area contributed by atoms with E-state index < -0.39 is 0 Å². The molecule has 2 nitrogen and oxygen atoms in total. The Bertz CT molecular complexity index is 299. The SMILES string of the molecule is NCC=Cc1cc(Br)cnc1Cl. The van der Waals surface area contributed by atoms with Crippen LogP contribution in [0.4, 0.5) is 0 Å². The molecule has 0 aromatic carbocycles. The van der Waals surface area contributed by atoms with Gasteiger partial charge >= 0.3 is 0 Å². The van der Waals surface area contributed by atoms with Crippen LogP contribution in [0.5, 0.6) is 0 Å². The first kappa shape index (κ1) is 9.71. The molecule has 0 unspecified atom stereocenters. The Labute approximate surface area is 84.6 Å². The molecule has 0 saturated heterocycles. The molecule has 0 spiro atoms. The largest absolute Gasteiger partial charge is 0.327 e. The van der Waals surface area contributed by atoms with Gasteiger partial charge in [-0.15, -0.1) is 0 Å². The number of rotatable bonds is 2. The summed E-state index contributed by atoms with van der Waals surface area (Å²) in [5.41, 5.74) is 6.17. The van der Waals surface area contributed by atoms with Crippen molar-refractivity contribution < 1.29 is 0 Å². The van der Waals surface area contributed by atoms with E-state index in [0.29, 0.717) is 11.7 Å². The summed E-state index contributed by atoms with van der Waals surface area (Å²) in [6, 6.07) is 1.89. The maximum atomic E-state index is 5.81. The monoisotopic (exact) mass is 246 g/mol. The first-order valence-electron chi connectivity index (χ1n) is 3.41. The molecular weight excluding hydrogens is 239 g/mol. The van der Waals surface area contributed by atoms with Crippen LogP contribution in [0.25, 0.3) is 6.08 Å². The molecule has 0 aliphatic heterocycles. The van der Waals surface area contributed by atoms with Crippen molar-refractivity contribution in [3.05, 3.63) is 33.5 Å². The molecule has 0 saturated carbocycles. The van der Waals surface area contributed by atoms with E-state index in [0.717, 1.165) is 10.0 Å². The Morgan fingerprint density at radius 3 is 3.08 bits per heavy atom. The highest BCUT2D eigenvalue weighted by Crippen LogP contribution is 2.18. The second kappa shape index (κ2) is 4.60. The first-order chi connectivity index (χ1) is 5.74. The molecule has 4 heteroatoms. The number of pyridine rings is 1. The fraction of sp³-hybridized carbons (Fsp3) is 0.125. The number of aromatic nitrogens is 1. The van der Waals surface area contributed by atoms with E-state index in [1.165, 1.54) is 0 Å². The summed E-state index contributed by atoms with van der Waals surface area (Å²) >= 11 is 9.11. The summed E-state index contributed by atoms with van der Waals surface area (Å²) in [7, 11) is 0. The third-order valence-electron chi connectivity index (χ3n) is 1.27. The Balaban J connectivity index is 2.97. The lowest BCUT2D eigenvalue weighted by Gasteiger charge is -1.96. The van der Waals surface area contributed by atoms with Crippen LogP contribution in [0.2, 0.25) is 5.15 Å². The lowest BCUT2D eigenvalue weighted by molar-refractivity contribution is 1.26. The highest BCUT2D eigenvalue weighted by Gasteiger charge is 1.97. The van der Waals surface area contributed by atoms with Crippen LogP contribution < -0.4 is 5.73 Å². The van der Waals surface area contributed by atoms with Crippen molar-refractivity contribution in [3.8, 4) is 0 Å². The minimum atomic E-state index is 0.489. The Kier molecular flexibility index (Phi) is 3.72. The van der Waals surface area contributed by atoms with Crippen molar-refractivity contribution in [2.75, 3.05) is 6.54 Å². The van der Waals surface area contributed by atoms with Gasteiger partial charge in [0.15, 0.2) is 0 Å². The maximum absolute atomic E-state index is 5.81. The van der Waals surface area contributed by atoms with Crippen LogP contribution in [0.3, 0.4) is 0 Å². The lowest BCUT2D eigenvalue weighted by atomic mass is 10.2. The van der Waals surface area contributed by atoms with E-state index >= 15 is 0 Å². The molecule has 0 radical (unpaired) electrons. The zero-order valence-corrected chi connectivity index (χ0v) is 8.64. The van der Waals surface area contributed by atoms with Crippen molar-refractivity contribution in [3.63, 3.8) is 0 Å². The van der Waals surface area contributed by atoms with Crippen LogP contribution in [0.1, 0.15) is 5.56 Å². The van der Waals surface area contributed by atoms with Crippen molar-refractivity contribution in [2.45, 2.75) is 0 Å².